The molecule has 0 radical (unpaired) electrons. The molecular weight excluding hydrogens is 238 g/mol. The predicted octanol–water partition coefficient (Wildman–Crippen LogP) is 0.0811. The minimum absolute atomic E-state index is 0.222. The predicted molar refractivity (Wildman–Crippen MR) is 70.4 cm³/mol. The molecule has 1 rings (SSSR count). The molecule has 0 bridgehead atoms. The highest BCUT2D eigenvalue weighted by molar-refractivity contribution is 7.88. The summed E-state index contributed by atoms with van der Waals surface area (Å²) in [6.45, 7) is 5.84. The van der Waals surface area contributed by atoms with Crippen molar-refractivity contribution in [2.45, 2.75) is 32.2 Å². The molecule has 0 spiro atoms. The second-order valence-electron chi connectivity index (χ2n) is 4.86. The van der Waals surface area contributed by atoms with E-state index in [9.17, 15) is 8.42 Å². The summed E-state index contributed by atoms with van der Waals surface area (Å²) in [6, 6.07) is 0.222. The first-order chi connectivity index (χ1) is 7.93. The maximum atomic E-state index is 11.3. The van der Waals surface area contributed by atoms with Crippen LogP contribution in [0.15, 0.2) is 0 Å². The van der Waals surface area contributed by atoms with Crippen LogP contribution >= 0.6 is 0 Å². The van der Waals surface area contributed by atoms with Crippen LogP contribution in [0.25, 0.3) is 0 Å². The molecule has 5 nitrogen and oxygen atoms in total. The van der Waals surface area contributed by atoms with E-state index in [2.05, 4.69) is 11.8 Å². The maximum Gasteiger partial charge on any atom is 0.211 e. The third-order valence-electron chi connectivity index (χ3n) is 3.22. The lowest BCUT2D eigenvalue weighted by atomic mass is 10.1. The summed E-state index contributed by atoms with van der Waals surface area (Å²) in [7, 11) is -3.02. The van der Waals surface area contributed by atoms with E-state index < -0.39 is 10.0 Å². The molecule has 1 fully saturated rings. The average Bonchev–Trinajstić information content (AvgIpc) is 2.26. The van der Waals surface area contributed by atoms with E-state index in [4.69, 9.17) is 5.73 Å². The summed E-state index contributed by atoms with van der Waals surface area (Å²) >= 11 is 0. The smallest absolute Gasteiger partial charge is 0.211 e. The molecule has 1 heterocycles. The van der Waals surface area contributed by atoms with Crippen LogP contribution in [0.2, 0.25) is 0 Å². The summed E-state index contributed by atoms with van der Waals surface area (Å²) < 4.78 is 24.2. The van der Waals surface area contributed by atoms with Gasteiger partial charge in [-0.3, -0.25) is 4.90 Å². The minimum Gasteiger partial charge on any atom is -0.327 e. The third kappa shape index (κ3) is 5.33. The fourth-order valence-electron chi connectivity index (χ4n) is 2.13. The Morgan fingerprint density at radius 1 is 1.24 bits per heavy atom. The molecule has 0 aromatic rings. The summed E-state index contributed by atoms with van der Waals surface area (Å²) in [4.78, 5) is 2.27. The van der Waals surface area contributed by atoms with Crippen molar-refractivity contribution in [2.75, 3.05) is 39.0 Å². The van der Waals surface area contributed by atoms with E-state index in [-0.39, 0.29) is 6.04 Å². The number of nitrogens with zero attached hydrogens (tertiary/aromatic N) is 2. The van der Waals surface area contributed by atoms with E-state index in [1.54, 1.807) is 4.31 Å². The molecule has 1 aliphatic heterocycles. The highest BCUT2D eigenvalue weighted by atomic mass is 32.2. The Kier molecular flexibility index (Phi) is 5.85. The topological polar surface area (TPSA) is 66.6 Å². The van der Waals surface area contributed by atoms with Crippen LogP contribution in [0.4, 0.5) is 0 Å². The number of piperazine rings is 1. The van der Waals surface area contributed by atoms with Crippen LogP contribution in [0.5, 0.6) is 0 Å². The van der Waals surface area contributed by atoms with Crippen LogP contribution < -0.4 is 5.73 Å². The molecule has 0 amide bonds. The van der Waals surface area contributed by atoms with Gasteiger partial charge in [-0.05, 0) is 6.42 Å². The van der Waals surface area contributed by atoms with Gasteiger partial charge in [-0.25, -0.2) is 8.42 Å². The molecule has 1 atom stereocenters. The Morgan fingerprint density at radius 2 is 1.82 bits per heavy atom. The van der Waals surface area contributed by atoms with Gasteiger partial charge in [0.05, 0.1) is 6.26 Å². The van der Waals surface area contributed by atoms with Gasteiger partial charge in [-0.2, -0.15) is 4.31 Å². The lowest BCUT2D eigenvalue weighted by Gasteiger charge is -2.34. The molecule has 0 aromatic carbocycles. The van der Waals surface area contributed by atoms with Gasteiger partial charge in [0.15, 0.2) is 0 Å². The fraction of sp³-hybridized carbons (Fsp3) is 1.00. The highest BCUT2D eigenvalue weighted by Gasteiger charge is 2.23. The molecule has 6 heteroatoms. The molecule has 17 heavy (non-hydrogen) atoms. The van der Waals surface area contributed by atoms with Crippen molar-refractivity contribution in [3.63, 3.8) is 0 Å². The van der Waals surface area contributed by atoms with Crippen LogP contribution in [0.3, 0.4) is 0 Å². The fourth-order valence-corrected chi connectivity index (χ4v) is 2.96. The van der Waals surface area contributed by atoms with Gasteiger partial charge in [0, 0.05) is 38.8 Å². The quantitative estimate of drug-likeness (QED) is 0.737. The zero-order chi connectivity index (χ0) is 12.9. The number of rotatable bonds is 6. The van der Waals surface area contributed by atoms with Gasteiger partial charge >= 0.3 is 0 Å². The number of sulfonamides is 1. The number of hydrogen-bond donors (Lipinski definition) is 1. The van der Waals surface area contributed by atoms with E-state index in [1.807, 2.05) is 0 Å². The molecule has 1 saturated heterocycles. The van der Waals surface area contributed by atoms with Gasteiger partial charge in [0.1, 0.15) is 0 Å². The monoisotopic (exact) mass is 263 g/mol. The normalized spacial score (nSPS) is 21.6. The zero-order valence-electron chi connectivity index (χ0n) is 10.9. The van der Waals surface area contributed by atoms with Crippen LogP contribution in [-0.2, 0) is 10.0 Å². The Labute approximate surface area is 105 Å². The molecule has 0 aliphatic carbocycles. The Bertz CT molecular complexity index is 311. The molecule has 1 unspecified atom stereocenters. The highest BCUT2D eigenvalue weighted by Crippen LogP contribution is 2.07. The van der Waals surface area contributed by atoms with Crippen molar-refractivity contribution < 1.29 is 8.42 Å². The van der Waals surface area contributed by atoms with Crippen molar-refractivity contribution in [2.24, 2.45) is 5.73 Å². The summed E-state index contributed by atoms with van der Waals surface area (Å²) in [5.41, 5.74) is 6.04. The van der Waals surface area contributed by atoms with E-state index in [0.29, 0.717) is 13.1 Å². The standard InChI is InChI=1S/C11H25N3O2S/c1-3-4-5-11(12)10-13-6-8-14(9-7-13)17(2,15)16/h11H,3-10,12H2,1-2H3. The SMILES string of the molecule is CCCCC(N)CN1CCN(S(C)(=O)=O)CC1. The summed E-state index contributed by atoms with van der Waals surface area (Å²) in [5.74, 6) is 0. The van der Waals surface area contributed by atoms with Crippen molar-refractivity contribution in [3.05, 3.63) is 0 Å². The van der Waals surface area contributed by atoms with Gasteiger partial charge in [0.2, 0.25) is 10.0 Å². The summed E-state index contributed by atoms with van der Waals surface area (Å²) in [6.07, 6.45) is 4.68. The molecule has 0 saturated carbocycles. The second kappa shape index (κ2) is 6.68. The van der Waals surface area contributed by atoms with Gasteiger partial charge in [-0.15, -0.1) is 0 Å². The molecule has 2 N–H and O–H groups in total. The van der Waals surface area contributed by atoms with Crippen LogP contribution in [0.1, 0.15) is 26.2 Å². The van der Waals surface area contributed by atoms with Crippen molar-refractivity contribution in [1.29, 1.82) is 0 Å². The average molecular weight is 263 g/mol. The van der Waals surface area contributed by atoms with Gasteiger partial charge < -0.3 is 5.73 Å². The molecular formula is C11H25N3O2S. The van der Waals surface area contributed by atoms with Crippen LogP contribution in [-0.4, -0.2) is 62.6 Å². The first-order valence-corrected chi connectivity index (χ1v) is 8.21. The largest absolute Gasteiger partial charge is 0.327 e. The van der Waals surface area contributed by atoms with Crippen molar-refractivity contribution in [1.82, 2.24) is 9.21 Å². The van der Waals surface area contributed by atoms with Crippen molar-refractivity contribution in [3.8, 4) is 0 Å². The number of hydrogen-bond acceptors (Lipinski definition) is 4. The Hall–Kier alpha value is -0.170. The third-order valence-corrected chi connectivity index (χ3v) is 4.52. The minimum atomic E-state index is -3.02. The lowest BCUT2D eigenvalue weighted by Crippen LogP contribution is -2.51. The maximum absolute atomic E-state index is 11.3. The molecule has 0 aromatic heterocycles. The number of nitrogens with two attached hydrogens (primary N) is 1. The number of unbranched alkanes of at least 4 members (excludes halogenated alkanes) is 1. The zero-order valence-corrected chi connectivity index (χ0v) is 11.7. The first-order valence-electron chi connectivity index (χ1n) is 6.36. The Balaban J connectivity index is 2.28. The second-order valence-corrected chi connectivity index (χ2v) is 6.85. The van der Waals surface area contributed by atoms with E-state index in [1.165, 1.54) is 19.1 Å². The molecule has 102 valence electrons. The first kappa shape index (κ1) is 14.9. The van der Waals surface area contributed by atoms with E-state index in [0.717, 1.165) is 26.1 Å². The van der Waals surface area contributed by atoms with Crippen LogP contribution in [0, 0.1) is 0 Å². The lowest BCUT2D eigenvalue weighted by molar-refractivity contribution is 0.177. The van der Waals surface area contributed by atoms with E-state index >= 15 is 0 Å². The molecule has 1 aliphatic rings. The van der Waals surface area contributed by atoms with Gasteiger partial charge in [-0.1, -0.05) is 19.8 Å². The van der Waals surface area contributed by atoms with Crippen molar-refractivity contribution >= 4 is 10.0 Å². The Morgan fingerprint density at radius 3 is 2.29 bits per heavy atom. The van der Waals surface area contributed by atoms with Gasteiger partial charge in [0.25, 0.3) is 0 Å². The summed E-state index contributed by atoms with van der Waals surface area (Å²) in [5, 5.41) is 0.